The first-order valence-electron chi connectivity index (χ1n) is 30.4. The third-order valence-corrected chi connectivity index (χ3v) is 12.8. The van der Waals surface area contributed by atoms with Gasteiger partial charge in [0, 0.05) is 19.3 Å². The predicted octanol–water partition coefficient (Wildman–Crippen LogP) is 20.7. The monoisotopic (exact) mass is 1010 g/mol. The van der Waals surface area contributed by atoms with Gasteiger partial charge in [0.05, 0.1) is 0 Å². The van der Waals surface area contributed by atoms with Crippen LogP contribution in [-0.4, -0.2) is 37.2 Å². The van der Waals surface area contributed by atoms with Crippen molar-refractivity contribution >= 4 is 17.9 Å². The molecule has 0 saturated carbocycles. The number of hydrogen-bond acceptors (Lipinski definition) is 6. The van der Waals surface area contributed by atoms with Gasteiger partial charge in [0.2, 0.25) is 0 Å². The van der Waals surface area contributed by atoms with Crippen LogP contribution >= 0.6 is 0 Å². The van der Waals surface area contributed by atoms with E-state index in [1.807, 2.05) is 6.08 Å². The van der Waals surface area contributed by atoms with E-state index in [1.54, 1.807) is 0 Å². The molecule has 416 valence electrons. The molecule has 0 N–H and O–H groups in total. The lowest BCUT2D eigenvalue weighted by molar-refractivity contribution is -0.166. The van der Waals surface area contributed by atoms with Crippen LogP contribution in [0.3, 0.4) is 0 Å². The normalized spacial score (nSPS) is 12.9. The second kappa shape index (κ2) is 60.6. The summed E-state index contributed by atoms with van der Waals surface area (Å²) in [7, 11) is 0. The van der Waals surface area contributed by atoms with Crippen LogP contribution in [0.1, 0.15) is 278 Å². The van der Waals surface area contributed by atoms with Crippen molar-refractivity contribution in [3.05, 3.63) is 109 Å². The van der Waals surface area contributed by atoms with Crippen molar-refractivity contribution in [3.8, 4) is 0 Å². The first kappa shape index (κ1) is 69.1. The van der Waals surface area contributed by atoms with E-state index in [2.05, 4.69) is 124 Å². The van der Waals surface area contributed by atoms with Gasteiger partial charge in [0.15, 0.2) is 6.10 Å². The van der Waals surface area contributed by atoms with Gasteiger partial charge in [-0.05, 0) is 96.3 Å². The maximum Gasteiger partial charge on any atom is 0.306 e. The van der Waals surface area contributed by atoms with Crippen LogP contribution in [0.5, 0.6) is 0 Å². The topological polar surface area (TPSA) is 78.9 Å². The molecule has 0 aliphatic heterocycles. The second-order valence-corrected chi connectivity index (χ2v) is 19.9. The Morgan fingerprint density at radius 2 is 0.562 bits per heavy atom. The zero-order chi connectivity index (χ0) is 52.9. The van der Waals surface area contributed by atoms with Crippen LogP contribution < -0.4 is 0 Å². The minimum Gasteiger partial charge on any atom is -0.462 e. The largest absolute Gasteiger partial charge is 0.462 e. The molecule has 0 amide bonds. The lowest BCUT2D eigenvalue weighted by atomic mass is 10.0. The summed E-state index contributed by atoms with van der Waals surface area (Å²) in [5.74, 6) is -1.04. The van der Waals surface area contributed by atoms with Crippen molar-refractivity contribution in [2.75, 3.05) is 13.2 Å². The smallest absolute Gasteiger partial charge is 0.306 e. The van der Waals surface area contributed by atoms with Gasteiger partial charge in [-0.2, -0.15) is 0 Å². The van der Waals surface area contributed by atoms with Gasteiger partial charge in [-0.25, -0.2) is 0 Å². The molecule has 0 radical (unpaired) electrons. The zero-order valence-corrected chi connectivity index (χ0v) is 47.6. The minimum atomic E-state index is -0.825. The highest BCUT2D eigenvalue weighted by Gasteiger charge is 2.19. The van der Waals surface area contributed by atoms with E-state index < -0.39 is 6.10 Å². The molecule has 0 heterocycles. The average Bonchev–Trinajstić information content (AvgIpc) is 3.39. The lowest BCUT2D eigenvalue weighted by Gasteiger charge is -2.18. The number of hydrogen-bond donors (Lipinski definition) is 0. The molecule has 0 aromatic rings. The fourth-order valence-electron chi connectivity index (χ4n) is 8.24. The van der Waals surface area contributed by atoms with Crippen LogP contribution in [0, 0.1) is 0 Å². The Balaban J connectivity index is 4.50. The van der Waals surface area contributed by atoms with Crippen LogP contribution in [0.4, 0.5) is 0 Å². The standard InChI is InChI=1S/C67H112O6/c1-4-7-10-13-16-19-22-25-28-30-32-33-35-37-40-43-46-49-52-55-58-61-67(70)73-64(62-71-65(68)59-56-53-50-47-44-41-38-27-24-21-18-15-12-9-6-3)63-72-66(69)60-57-54-51-48-45-42-39-36-34-31-29-26-23-20-17-14-11-8-5-2/h8,11,17-18,20-21,26-27,29,34,36,38,42,44-45,47,51,54,64H,4-7,9-10,12-16,19,22-25,28,30-33,35,37,39-41,43,46,48-50,52-53,55-63H2,1-3H3/b11-8-,20-17-,21-18-,29-26-,36-34-,38-27-,45-42-,47-44-,54-51-/t64-/m0/s1. The van der Waals surface area contributed by atoms with Crippen molar-refractivity contribution < 1.29 is 28.6 Å². The molecular formula is C67H112O6. The first-order chi connectivity index (χ1) is 36.0. The molecule has 1 atom stereocenters. The van der Waals surface area contributed by atoms with Gasteiger partial charge < -0.3 is 14.2 Å². The summed E-state index contributed by atoms with van der Waals surface area (Å²) in [5.41, 5.74) is 0. The van der Waals surface area contributed by atoms with Gasteiger partial charge in [0.1, 0.15) is 13.2 Å². The van der Waals surface area contributed by atoms with E-state index in [1.165, 1.54) is 141 Å². The molecule has 0 aromatic carbocycles. The van der Waals surface area contributed by atoms with Crippen molar-refractivity contribution in [1.29, 1.82) is 0 Å². The van der Waals surface area contributed by atoms with E-state index >= 15 is 0 Å². The van der Waals surface area contributed by atoms with Crippen molar-refractivity contribution in [2.24, 2.45) is 0 Å². The average molecular weight is 1010 g/mol. The highest BCUT2D eigenvalue weighted by Crippen LogP contribution is 2.16. The maximum atomic E-state index is 12.9. The summed E-state index contributed by atoms with van der Waals surface area (Å²) in [6, 6.07) is 0. The molecule has 0 bridgehead atoms. The molecule has 0 rings (SSSR count). The Bertz CT molecular complexity index is 1490. The number of allylic oxidation sites excluding steroid dienone is 18. The van der Waals surface area contributed by atoms with E-state index in [0.29, 0.717) is 19.3 Å². The van der Waals surface area contributed by atoms with E-state index in [-0.39, 0.29) is 37.5 Å². The number of unbranched alkanes of at least 4 members (excludes halogenated alkanes) is 25. The summed E-state index contributed by atoms with van der Waals surface area (Å²) in [6.45, 7) is 6.42. The summed E-state index contributed by atoms with van der Waals surface area (Å²) in [4.78, 5) is 38.2. The molecule has 6 nitrogen and oxygen atoms in total. The molecule has 0 spiro atoms. The fraction of sp³-hybridized carbons (Fsp3) is 0.687. The molecule has 0 fully saturated rings. The summed E-state index contributed by atoms with van der Waals surface area (Å²) < 4.78 is 16.8. The van der Waals surface area contributed by atoms with Gasteiger partial charge in [-0.15, -0.1) is 0 Å². The highest BCUT2D eigenvalue weighted by molar-refractivity contribution is 5.71. The van der Waals surface area contributed by atoms with Crippen LogP contribution in [0.15, 0.2) is 109 Å². The first-order valence-corrected chi connectivity index (χ1v) is 30.4. The SMILES string of the molecule is CC/C=C\C/C=C\C/C=C\C/C=C\C/C=C\C/C=C\CCC(=O)OC[C@H](COC(=O)CCCC/C=C\C/C=C\C/C=C\CCCCC)OC(=O)CCCCCCCCCCCCCCCCCCCCCCC. The van der Waals surface area contributed by atoms with Gasteiger partial charge >= 0.3 is 17.9 Å². The number of ether oxygens (including phenoxy) is 3. The molecule has 73 heavy (non-hydrogen) atoms. The molecule has 0 aliphatic rings. The van der Waals surface area contributed by atoms with Crippen molar-refractivity contribution in [1.82, 2.24) is 0 Å². The Morgan fingerprint density at radius 3 is 0.945 bits per heavy atom. The molecular weight excluding hydrogens is 901 g/mol. The predicted molar refractivity (Wildman–Crippen MR) is 316 cm³/mol. The highest BCUT2D eigenvalue weighted by atomic mass is 16.6. The minimum absolute atomic E-state index is 0.121. The Labute approximate surface area is 450 Å². The van der Waals surface area contributed by atoms with Crippen LogP contribution in [-0.2, 0) is 28.6 Å². The Kier molecular flexibility index (Phi) is 57.4. The number of carbonyl (C=O) groups is 3. The van der Waals surface area contributed by atoms with Crippen molar-refractivity contribution in [3.63, 3.8) is 0 Å². The van der Waals surface area contributed by atoms with E-state index in [9.17, 15) is 14.4 Å². The van der Waals surface area contributed by atoms with E-state index in [0.717, 1.165) is 89.9 Å². The number of carbonyl (C=O) groups excluding carboxylic acids is 3. The van der Waals surface area contributed by atoms with Crippen molar-refractivity contribution in [2.45, 2.75) is 284 Å². The summed E-state index contributed by atoms with van der Waals surface area (Å²) >= 11 is 0. The molecule has 6 heteroatoms. The third-order valence-electron chi connectivity index (χ3n) is 12.8. The van der Waals surface area contributed by atoms with Gasteiger partial charge in [-0.3, -0.25) is 14.4 Å². The molecule has 0 aromatic heterocycles. The third kappa shape index (κ3) is 58.8. The fourth-order valence-corrected chi connectivity index (χ4v) is 8.24. The van der Waals surface area contributed by atoms with Crippen LogP contribution in [0.2, 0.25) is 0 Å². The summed E-state index contributed by atoms with van der Waals surface area (Å²) in [5, 5.41) is 0. The number of esters is 3. The molecule has 0 aliphatic carbocycles. The van der Waals surface area contributed by atoms with E-state index in [4.69, 9.17) is 14.2 Å². The molecule has 0 unspecified atom stereocenters. The second-order valence-electron chi connectivity index (χ2n) is 19.9. The maximum absolute atomic E-state index is 12.9. The zero-order valence-electron chi connectivity index (χ0n) is 47.6. The quantitative estimate of drug-likeness (QED) is 0.0261. The molecule has 0 saturated heterocycles. The summed E-state index contributed by atoms with van der Waals surface area (Å²) in [6.07, 6.45) is 82.5. The Morgan fingerprint density at radius 1 is 0.288 bits per heavy atom. The van der Waals surface area contributed by atoms with Gasteiger partial charge in [-0.1, -0.05) is 271 Å². The van der Waals surface area contributed by atoms with Crippen LogP contribution in [0.25, 0.3) is 0 Å². The van der Waals surface area contributed by atoms with Gasteiger partial charge in [0.25, 0.3) is 0 Å². The number of rotatable bonds is 54. The lowest BCUT2D eigenvalue weighted by Crippen LogP contribution is -2.30. The Hall–Kier alpha value is -3.93.